The van der Waals surface area contributed by atoms with Gasteiger partial charge in [0.05, 0.1) is 11.4 Å². The Balaban J connectivity index is 2.44. The van der Waals surface area contributed by atoms with E-state index in [0.717, 1.165) is 22.1 Å². The molecule has 0 fully saturated rings. The minimum atomic E-state index is -0.228. The molecule has 0 radical (unpaired) electrons. The number of hydrogen-bond acceptors (Lipinski definition) is 4. The third-order valence-electron chi connectivity index (χ3n) is 3.67. The fraction of sp³-hybridized carbons (Fsp3) is 0.438. The molecule has 3 nitrogen and oxygen atoms in total. The molecule has 114 valence electrons. The van der Waals surface area contributed by atoms with E-state index in [2.05, 4.69) is 13.8 Å². The fourth-order valence-electron chi connectivity index (χ4n) is 2.27. The Morgan fingerprint density at radius 1 is 1.33 bits per heavy atom. The monoisotopic (exact) mass is 307 g/mol. The van der Waals surface area contributed by atoms with Gasteiger partial charge in [-0.25, -0.2) is 9.37 Å². The summed E-state index contributed by atoms with van der Waals surface area (Å²) < 4.78 is 14.0. The summed E-state index contributed by atoms with van der Waals surface area (Å²) >= 11 is 1.56. The van der Waals surface area contributed by atoms with E-state index < -0.39 is 0 Å². The number of benzene rings is 1. The molecule has 1 unspecified atom stereocenters. The molecule has 1 aromatic carbocycles. The van der Waals surface area contributed by atoms with Crippen LogP contribution >= 0.6 is 11.3 Å². The van der Waals surface area contributed by atoms with Gasteiger partial charge in [-0.1, -0.05) is 37.3 Å². The van der Waals surface area contributed by atoms with Gasteiger partial charge in [-0.15, -0.1) is 0 Å². The second kappa shape index (κ2) is 7.00. The highest BCUT2D eigenvalue weighted by atomic mass is 32.1. The fourth-order valence-corrected chi connectivity index (χ4v) is 3.41. The van der Waals surface area contributed by atoms with Crippen LogP contribution in [0.1, 0.15) is 43.7 Å². The van der Waals surface area contributed by atoms with Crippen LogP contribution in [0.15, 0.2) is 24.3 Å². The first-order valence-electron chi connectivity index (χ1n) is 7.34. The minimum absolute atomic E-state index is 0.228. The summed E-state index contributed by atoms with van der Waals surface area (Å²) in [6.45, 7) is 7.43. The Morgan fingerprint density at radius 3 is 2.62 bits per heavy atom. The van der Waals surface area contributed by atoms with Gasteiger partial charge in [0, 0.05) is 18.0 Å². The van der Waals surface area contributed by atoms with Crippen molar-refractivity contribution in [2.24, 2.45) is 5.73 Å². The molecule has 0 amide bonds. The van der Waals surface area contributed by atoms with Crippen LogP contribution in [0, 0.1) is 5.82 Å². The first kappa shape index (κ1) is 15.9. The smallest absolute Gasteiger partial charge is 0.190 e. The normalized spacial score (nSPS) is 12.4. The van der Waals surface area contributed by atoms with Crippen molar-refractivity contribution in [3.63, 3.8) is 0 Å². The molecule has 1 atom stereocenters. The number of aromatic nitrogens is 1. The van der Waals surface area contributed by atoms with E-state index in [1.165, 1.54) is 6.07 Å². The van der Waals surface area contributed by atoms with E-state index in [9.17, 15) is 4.39 Å². The molecule has 2 aromatic rings. The van der Waals surface area contributed by atoms with Crippen molar-refractivity contribution >= 4 is 22.2 Å². The van der Waals surface area contributed by atoms with Gasteiger partial charge in [0.2, 0.25) is 0 Å². The predicted molar refractivity (Wildman–Crippen MR) is 87.8 cm³/mol. The molecule has 0 aliphatic carbocycles. The molecular formula is C16H22FN3S. The summed E-state index contributed by atoms with van der Waals surface area (Å²) in [7, 11) is 0. The molecule has 0 saturated carbocycles. The molecular weight excluding hydrogens is 285 g/mol. The van der Waals surface area contributed by atoms with Crippen molar-refractivity contribution in [3.8, 4) is 0 Å². The molecule has 1 aromatic heterocycles. The molecule has 0 aliphatic heterocycles. The Bertz CT molecular complexity index is 597. The lowest BCUT2D eigenvalue weighted by molar-refractivity contribution is 0.625. The topological polar surface area (TPSA) is 42.2 Å². The van der Waals surface area contributed by atoms with Crippen molar-refractivity contribution in [2.75, 3.05) is 11.4 Å². The second-order valence-corrected chi connectivity index (χ2v) is 6.08. The summed E-state index contributed by atoms with van der Waals surface area (Å²) in [5.41, 5.74) is 7.46. The van der Waals surface area contributed by atoms with E-state index >= 15 is 0 Å². The van der Waals surface area contributed by atoms with Gasteiger partial charge in [-0.2, -0.15) is 0 Å². The SMILES string of the molecule is CCC(C)c1nc(N(CC)c2ccccc2F)sc1CN. The number of halogens is 1. The molecule has 2 N–H and O–H groups in total. The molecule has 1 heterocycles. The van der Waals surface area contributed by atoms with Crippen LogP contribution in [0.3, 0.4) is 0 Å². The zero-order chi connectivity index (χ0) is 15.4. The largest absolute Gasteiger partial charge is 0.326 e. The molecule has 0 saturated heterocycles. The minimum Gasteiger partial charge on any atom is -0.326 e. The van der Waals surface area contributed by atoms with Gasteiger partial charge in [-0.05, 0) is 31.4 Å². The number of anilines is 2. The first-order valence-corrected chi connectivity index (χ1v) is 8.15. The third kappa shape index (κ3) is 3.24. The van der Waals surface area contributed by atoms with Gasteiger partial charge >= 0.3 is 0 Å². The number of para-hydroxylation sites is 1. The Morgan fingerprint density at radius 2 is 2.05 bits per heavy atom. The number of nitrogens with two attached hydrogens (primary N) is 1. The van der Waals surface area contributed by atoms with Crippen LogP contribution in [-0.2, 0) is 6.54 Å². The lowest BCUT2D eigenvalue weighted by Gasteiger charge is -2.20. The third-order valence-corrected chi connectivity index (χ3v) is 4.79. The Labute approximate surface area is 129 Å². The zero-order valence-corrected chi connectivity index (χ0v) is 13.6. The predicted octanol–water partition coefficient (Wildman–Crippen LogP) is 4.41. The van der Waals surface area contributed by atoms with E-state index in [1.54, 1.807) is 23.5 Å². The summed E-state index contributed by atoms with van der Waals surface area (Å²) in [4.78, 5) is 7.74. The van der Waals surface area contributed by atoms with Crippen LogP contribution in [0.4, 0.5) is 15.2 Å². The molecule has 2 rings (SSSR count). The Hall–Kier alpha value is -1.46. The van der Waals surface area contributed by atoms with Gasteiger partial charge in [-0.3, -0.25) is 0 Å². The van der Waals surface area contributed by atoms with E-state index in [1.807, 2.05) is 17.9 Å². The molecule has 21 heavy (non-hydrogen) atoms. The van der Waals surface area contributed by atoms with Crippen molar-refractivity contribution in [2.45, 2.75) is 39.7 Å². The maximum atomic E-state index is 14.0. The van der Waals surface area contributed by atoms with Crippen molar-refractivity contribution in [1.82, 2.24) is 4.98 Å². The highest BCUT2D eigenvalue weighted by molar-refractivity contribution is 7.15. The summed E-state index contributed by atoms with van der Waals surface area (Å²) in [6, 6.07) is 6.80. The molecule has 0 spiro atoms. The van der Waals surface area contributed by atoms with Crippen LogP contribution in [0.25, 0.3) is 0 Å². The molecule has 0 aliphatic rings. The average molecular weight is 307 g/mol. The summed E-state index contributed by atoms with van der Waals surface area (Å²) in [5.74, 6) is 0.141. The summed E-state index contributed by atoms with van der Waals surface area (Å²) in [5, 5.41) is 0.818. The number of thiazole rings is 1. The van der Waals surface area contributed by atoms with Crippen LogP contribution in [0.2, 0.25) is 0 Å². The van der Waals surface area contributed by atoms with E-state index in [4.69, 9.17) is 10.7 Å². The number of hydrogen-bond donors (Lipinski definition) is 1. The van der Waals surface area contributed by atoms with Gasteiger partial charge in [0.15, 0.2) is 5.13 Å². The van der Waals surface area contributed by atoms with Crippen molar-refractivity contribution in [3.05, 3.63) is 40.7 Å². The Kier molecular flexibility index (Phi) is 5.31. The van der Waals surface area contributed by atoms with Gasteiger partial charge in [0.1, 0.15) is 5.82 Å². The number of rotatable bonds is 6. The van der Waals surface area contributed by atoms with Gasteiger partial charge < -0.3 is 10.6 Å². The molecule has 5 heteroatoms. The van der Waals surface area contributed by atoms with Crippen molar-refractivity contribution < 1.29 is 4.39 Å². The molecule has 0 bridgehead atoms. The summed E-state index contributed by atoms with van der Waals surface area (Å²) in [6.07, 6.45) is 1.02. The van der Waals surface area contributed by atoms with E-state index in [-0.39, 0.29) is 5.82 Å². The van der Waals surface area contributed by atoms with Crippen molar-refractivity contribution in [1.29, 1.82) is 0 Å². The maximum Gasteiger partial charge on any atom is 0.190 e. The quantitative estimate of drug-likeness (QED) is 0.859. The van der Waals surface area contributed by atoms with Crippen LogP contribution in [0.5, 0.6) is 0 Å². The number of nitrogens with zero attached hydrogens (tertiary/aromatic N) is 2. The lowest BCUT2D eigenvalue weighted by atomic mass is 10.0. The maximum absolute atomic E-state index is 14.0. The highest BCUT2D eigenvalue weighted by Gasteiger charge is 2.20. The zero-order valence-electron chi connectivity index (χ0n) is 12.8. The second-order valence-electron chi connectivity index (χ2n) is 5.01. The first-order chi connectivity index (χ1) is 10.1. The van der Waals surface area contributed by atoms with E-state index in [0.29, 0.717) is 24.7 Å². The highest BCUT2D eigenvalue weighted by Crippen LogP contribution is 2.35. The average Bonchev–Trinajstić information content (AvgIpc) is 2.93. The van der Waals surface area contributed by atoms with Gasteiger partial charge in [0.25, 0.3) is 0 Å². The lowest BCUT2D eigenvalue weighted by Crippen LogP contribution is -2.17. The van der Waals surface area contributed by atoms with Crippen LogP contribution < -0.4 is 10.6 Å². The standard InChI is InChI=1S/C16H22FN3S/c1-4-11(3)15-14(10-18)21-16(19-15)20(5-2)13-9-7-6-8-12(13)17/h6-9,11H,4-5,10,18H2,1-3H3. The van der Waals surface area contributed by atoms with Crippen LogP contribution in [-0.4, -0.2) is 11.5 Å².